The van der Waals surface area contributed by atoms with Crippen LogP contribution < -0.4 is 15.7 Å². The second-order valence-electron chi connectivity index (χ2n) is 9.37. The van der Waals surface area contributed by atoms with Gasteiger partial charge in [0.05, 0.1) is 37.6 Å². The van der Waals surface area contributed by atoms with Crippen LogP contribution in [0.3, 0.4) is 0 Å². The third-order valence-corrected chi connectivity index (χ3v) is 6.72. The number of nitrogens with zero attached hydrogens (tertiary/aromatic N) is 4. The minimum Gasteiger partial charge on any atom is -0.378 e. The summed E-state index contributed by atoms with van der Waals surface area (Å²) in [5, 5.41) is 7.57. The number of pyridine rings is 1. The lowest BCUT2D eigenvalue weighted by Gasteiger charge is -2.28. The van der Waals surface area contributed by atoms with Gasteiger partial charge in [-0.1, -0.05) is 42.5 Å². The van der Waals surface area contributed by atoms with E-state index in [0.717, 1.165) is 43.2 Å². The highest BCUT2D eigenvalue weighted by atomic mass is 16.6. The van der Waals surface area contributed by atoms with Crippen molar-refractivity contribution in [3.63, 3.8) is 0 Å². The van der Waals surface area contributed by atoms with E-state index in [1.54, 1.807) is 53.5 Å². The van der Waals surface area contributed by atoms with Gasteiger partial charge in [-0.3, -0.25) is 19.2 Å². The molecule has 0 saturated carbocycles. The topological polar surface area (TPSA) is 128 Å². The Labute approximate surface area is 237 Å². The molecular weight excluding hydrogens is 524 g/mol. The number of morpholine rings is 1. The highest BCUT2D eigenvalue weighted by Crippen LogP contribution is 2.24. The van der Waals surface area contributed by atoms with Crippen LogP contribution in [0.15, 0.2) is 85.2 Å². The Morgan fingerprint density at radius 3 is 2.46 bits per heavy atom. The van der Waals surface area contributed by atoms with Crippen molar-refractivity contribution in [2.75, 3.05) is 38.3 Å². The van der Waals surface area contributed by atoms with Crippen molar-refractivity contribution in [2.45, 2.75) is 12.5 Å². The first-order chi connectivity index (χ1) is 20.0. The van der Waals surface area contributed by atoms with E-state index < -0.39 is 23.6 Å². The van der Waals surface area contributed by atoms with Gasteiger partial charge in [-0.25, -0.2) is 15.1 Å². The SMILES string of the molecule is CONC(=O)C(=O)CC(NC(=O)c1cccnc1-n1ccc(-c2ccc(N3CCOCC3)cc2)n1)c1ccccc1. The molecule has 3 heterocycles. The Morgan fingerprint density at radius 2 is 1.73 bits per heavy atom. The number of anilines is 1. The van der Waals surface area contributed by atoms with Gasteiger partial charge >= 0.3 is 5.91 Å². The van der Waals surface area contributed by atoms with Gasteiger partial charge in [0.15, 0.2) is 5.82 Å². The molecule has 0 radical (unpaired) electrons. The van der Waals surface area contributed by atoms with E-state index in [0.29, 0.717) is 11.4 Å². The molecule has 2 N–H and O–H groups in total. The molecule has 4 aromatic rings. The lowest BCUT2D eigenvalue weighted by Crippen LogP contribution is -2.36. The molecule has 2 aromatic heterocycles. The van der Waals surface area contributed by atoms with Gasteiger partial charge in [-0.15, -0.1) is 0 Å². The number of ketones is 1. The number of nitrogens with one attached hydrogen (secondary N) is 2. The van der Waals surface area contributed by atoms with Crippen LogP contribution in [-0.2, 0) is 19.2 Å². The van der Waals surface area contributed by atoms with E-state index in [-0.39, 0.29) is 12.0 Å². The lowest BCUT2D eigenvalue weighted by molar-refractivity contribution is -0.144. The molecule has 2 amide bonds. The second kappa shape index (κ2) is 13.0. The summed E-state index contributed by atoms with van der Waals surface area (Å²) in [6.45, 7) is 3.16. The maximum absolute atomic E-state index is 13.5. The monoisotopic (exact) mass is 554 g/mol. The van der Waals surface area contributed by atoms with E-state index in [1.165, 1.54) is 7.11 Å². The Kier molecular flexibility index (Phi) is 8.77. The van der Waals surface area contributed by atoms with E-state index in [9.17, 15) is 14.4 Å². The summed E-state index contributed by atoms with van der Waals surface area (Å²) in [5.74, 6) is -1.76. The molecule has 1 fully saturated rings. The van der Waals surface area contributed by atoms with Crippen molar-refractivity contribution in [1.82, 2.24) is 25.6 Å². The minimum absolute atomic E-state index is 0.257. The molecule has 0 spiro atoms. The van der Waals surface area contributed by atoms with E-state index in [2.05, 4.69) is 37.3 Å². The molecule has 2 aromatic carbocycles. The molecule has 11 heteroatoms. The van der Waals surface area contributed by atoms with Crippen molar-refractivity contribution < 1.29 is 24.0 Å². The fourth-order valence-corrected chi connectivity index (χ4v) is 4.62. The normalized spacial score (nSPS) is 13.8. The van der Waals surface area contributed by atoms with Crippen molar-refractivity contribution in [3.05, 3.63) is 96.3 Å². The van der Waals surface area contributed by atoms with Crippen molar-refractivity contribution in [1.29, 1.82) is 0 Å². The molecular formula is C30H30N6O5. The van der Waals surface area contributed by atoms with Gasteiger partial charge in [-0.2, -0.15) is 5.10 Å². The number of amides is 2. The molecule has 210 valence electrons. The zero-order chi connectivity index (χ0) is 28.6. The smallest absolute Gasteiger partial charge is 0.310 e. The minimum atomic E-state index is -0.896. The quantitative estimate of drug-likeness (QED) is 0.226. The van der Waals surface area contributed by atoms with Crippen LogP contribution >= 0.6 is 0 Å². The maximum Gasteiger partial charge on any atom is 0.310 e. The third kappa shape index (κ3) is 6.65. The fraction of sp³-hybridized carbons (Fsp3) is 0.233. The number of benzene rings is 2. The summed E-state index contributed by atoms with van der Waals surface area (Å²) in [6, 6.07) is 21.5. The maximum atomic E-state index is 13.5. The number of hydrogen-bond acceptors (Lipinski definition) is 8. The summed E-state index contributed by atoms with van der Waals surface area (Å²) >= 11 is 0. The van der Waals surface area contributed by atoms with Crippen LogP contribution in [0.4, 0.5) is 5.69 Å². The third-order valence-electron chi connectivity index (χ3n) is 6.72. The summed E-state index contributed by atoms with van der Waals surface area (Å²) in [4.78, 5) is 49.3. The first-order valence-electron chi connectivity index (χ1n) is 13.2. The predicted octanol–water partition coefficient (Wildman–Crippen LogP) is 2.88. The van der Waals surface area contributed by atoms with Gasteiger partial charge in [0.25, 0.3) is 5.91 Å². The van der Waals surface area contributed by atoms with E-state index in [1.807, 2.05) is 29.7 Å². The zero-order valence-electron chi connectivity index (χ0n) is 22.5. The summed E-state index contributed by atoms with van der Waals surface area (Å²) < 4.78 is 6.99. The molecule has 1 saturated heterocycles. The second-order valence-corrected chi connectivity index (χ2v) is 9.37. The van der Waals surface area contributed by atoms with Gasteiger partial charge in [0.2, 0.25) is 5.78 Å². The summed E-state index contributed by atoms with van der Waals surface area (Å²) in [5.41, 5.74) is 5.75. The number of hydroxylamine groups is 1. The first-order valence-corrected chi connectivity index (χ1v) is 13.2. The van der Waals surface area contributed by atoms with Gasteiger partial charge in [-0.05, 0) is 35.9 Å². The molecule has 1 unspecified atom stereocenters. The van der Waals surface area contributed by atoms with Crippen LogP contribution in [0.25, 0.3) is 17.1 Å². The van der Waals surface area contributed by atoms with Crippen molar-refractivity contribution in [3.8, 4) is 17.1 Å². The fourth-order valence-electron chi connectivity index (χ4n) is 4.62. The predicted molar refractivity (Wildman–Crippen MR) is 151 cm³/mol. The van der Waals surface area contributed by atoms with Crippen molar-refractivity contribution >= 4 is 23.3 Å². The van der Waals surface area contributed by atoms with Crippen molar-refractivity contribution in [2.24, 2.45) is 0 Å². The Bertz CT molecular complexity index is 1500. The molecule has 1 aliphatic rings. The molecule has 41 heavy (non-hydrogen) atoms. The number of carbonyl (C=O) groups excluding carboxylic acids is 3. The average molecular weight is 555 g/mol. The molecule has 0 aliphatic carbocycles. The molecule has 1 aliphatic heterocycles. The number of rotatable bonds is 10. The van der Waals surface area contributed by atoms with E-state index in [4.69, 9.17) is 4.74 Å². The summed E-state index contributed by atoms with van der Waals surface area (Å²) in [6.07, 6.45) is 3.07. The van der Waals surface area contributed by atoms with Crippen LogP contribution in [0, 0.1) is 0 Å². The Morgan fingerprint density at radius 1 is 0.976 bits per heavy atom. The molecule has 0 bridgehead atoms. The van der Waals surface area contributed by atoms with E-state index >= 15 is 0 Å². The standard InChI is InChI=1S/C30H30N6O5/c1-40-34-30(39)27(37)20-26(21-6-3-2-4-7-21)32-29(38)24-8-5-14-31-28(24)36-15-13-25(33-36)22-9-11-23(12-10-22)35-16-18-41-19-17-35/h2-15,26H,16-20H2,1H3,(H,32,38)(H,34,39). The molecule has 5 rings (SSSR count). The van der Waals surface area contributed by atoms with Crippen LogP contribution in [0.2, 0.25) is 0 Å². The average Bonchev–Trinajstić information content (AvgIpc) is 3.52. The Balaban J connectivity index is 1.35. The highest BCUT2D eigenvalue weighted by molar-refractivity contribution is 6.36. The number of hydrogen-bond donors (Lipinski definition) is 2. The van der Waals surface area contributed by atoms with Gasteiger partial charge < -0.3 is 15.0 Å². The van der Waals surface area contributed by atoms with Gasteiger partial charge in [0.1, 0.15) is 0 Å². The Hall–Kier alpha value is -4.87. The first kappa shape index (κ1) is 27.7. The number of Topliss-reactive ketones (excluding diaryl/α,β-unsaturated/α-hetero) is 1. The number of ether oxygens (including phenoxy) is 1. The van der Waals surface area contributed by atoms with Crippen LogP contribution in [0.5, 0.6) is 0 Å². The van der Waals surface area contributed by atoms with Gasteiger partial charge in [0, 0.05) is 43.2 Å². The number of aromatic nitrogens is 3. The highest BCUT2D eigenvalue weighted by Gasteiger charge is 2.25. The van der Waals surface area contributed by atoms with Crippen LogP contribution in [0.1, 0.15) is 28.4 Å². The molecule has 1 atom stereocenters. The largest absolute Gasteiger partial charge is 0.378 e. The summed E-state index contributed by atoms with van der Waals surface area (Å²) in [7, 11) is 1.24. The number of carbonyl (C=O) groups is 3. The lowest BCUT2D eigenvalue weighted by atomic mass is 10.0. The van der Waals surface area contributed by atoms with Crippen LogP contribution in [-0.4, -0.2) is 65.8 Å². The zero-order valence-corrected chi connectivity index (χ0v) is 22.5. The molecule has 11 nitrogen and oxygen atoms in total.